The topological polar surface area (TPSA) is 26.3 Å². The summed E-state index contributed by atoms with van der Waals surface area (Å²) in [6.07, 6.45) is 6.62. The van der Waals surface area contributed by atoms with Gasteiger partial charge in [0.25, 0.3) is 0 Å². The molecule has 0 N–H and O–H groups in total. The van der Waals surface area contributed by atoms with Crippen LogP contribution in [-0.4, -0.2) is 12.1 Å². The third-order valence-corrected chi connectivity index (χ3v) is 5.94. The highest BCUT2D eigenvalue weighted by Crippen LogP contribution is 2.57. The van der Waals surface area contributed by atoms with E-state index >= 15 is 0 Å². The quantitative estimate of drug-likeness (QED) is 0.603. The standard InChI is InChI=1S/C15H24O2/c1-9-5-4-6-15(3)8-13-11(7-12(9)15)10(2)14(16)17-13/h9-13H,4-8H2,1-3H3/t9-,10-,11-,12+,13+,15-/m1/s1. The summed E-state index contributed by atoms with van der Waals surface area (Å²) < 4.78 is 5.59. The molecule has 0 amide bonds. The zero-order chi connectivity index (χ0) is 12.2. The zero-order valence-corrected chi connectivity index (χ0v) is 11.2. The number of fused-ring (bicyclic) bond motifs is 2. The van der Waals surface area contributed by atoms with Crippen LogP contribution in [0.15, 0.2) is 0 Å². The second-order valence-corrected chi connectivity index (χ2v) is 7.00. The Morgan fingerprint density at radius 1 is 1.35 bits per heavy atom. The van der Waals surface area contributed by atoms with Gasteiger partial charge in [0.15, 0.2) is 0 Å². The first-order chi connectivity index (χ1) is 8.01. The van der Waals surface area contributed by atoms with Gasteiger partial charge in [-0.15, -0.1) is 0 Å². The molecule has 0 aromatic carbocycles. The Labute approximate surface area is 104 Å². The van der Waals surface area contributed by atoms with Gasteiger partial charge >= 0.3 is 5.97 Å². The minimum absolute atomic E-state index is 0.0508. The molecule has 17 heavy (non-hydrogen) atoms. The van der Waals surface area contributed by atoms with Crippen molar-refractivity contribution in [3.8, 4) is 0 Å². The molecule has 6 atom stereocenters. The van der Waals surface area contributed by atoms with Crippen LogP contribution in [0.1, 0.15) is 52.9 Å². The van der Waals surface area contributed by atoms with Crippen LogP contribution >= 0.6 is 0 Å². The Morgan fingerprint density at radius 3 is 2.88 bits per heavy atom. The van der Waals surface area contributed by atoms with Gasteiger partial charge in [-0.3, -0.25) is 4.79 Å². The lowest BCUT2D eigenvalue weighted by atomic mass is 9.54. The molecule has 0 aromatic heterocycles. The second kappa shape index (κ2) is 3.73. The third-order valence-electron chi connectivity index (χ3n) is 5.94. The summed E-state index contributed by atoms with van der Waals surface area (Å²) in [6.45, 7) is 6.90. The predicted molar refractivity (Wildman–Crippen MR) is 66.4 cm³/mol. The molecule has 0 radical (unpaired) electrons. The highest BCUT2D eigenvalue weighted by atomic mass is 16.6. The highest BCUT2D eigenvalue weighted by Gasteiger charge is 2.54. The van der Waals surface area contributed by atoms with E-state index in [1.54, 1.807) is 0 Å². The van der Waals surface area contributed by atoms with Gasteiger partial charge in [-0.2, -0.15) is 0 Å². The summed E-state index contributed by atoms with van der Waals surface area (Å²) in [7, 11) is 0. The summed E-state index contributed by atoms with van der Waals surface area (Å²) in [5.41, 5.74) is 0.434. The minimum atomic E-state index is 0.0508. The fourth-order valence-corrected chi connectivity index (χ4v) is 4.81. The highest BCUT2D eigenvalue weighted by molar-refractivity contribution is 5.74. The molecule has 0 aromatic rings. The molecule has 2 aliphatic carbocycles. The van der Waals surface area contributed by atoms with E-state index in [1.807, 2.05) is 0 Å². The first-order valence-electron chi connectivity index (χ1n) is 7.22. The first-order valence-corrected chi connectivity index (χ1v) is 7.22. The van der Waals surface area contributed by atoms with Gasteiger partial charge in [0, 0.05) is 5.92 Å². The molecule has 1 aliphatic heterocycles. The number of ether oxygens (including phenoxy) is 1. The largest absolute Gasteiger partial charge is 0.462 e. The van der Waals surface area contributed by atoms with Crippen molar-refractivity contribution >= 4 is 5.97 Å². The van der Waals surface area contributed by atoms with Gasteiger partial charge in [0.2, 0.25) is 0 Å². The van der Waals surface area contributed by atoms with E-state index in [0.717, 1.165) is 18.3 Å². The van der Waals surface area contributed by atoms with Gasteiger partial charge in [-0.1, -0.05) is 33.6 Å². The fourth-order valence-electron chi connectivity index (χ4n) is 4.81. The van der Waals surface area contributed by atoms with Crippen molar-refractivity contribution in [1.29, 1.82) is 0 Å². The summed E-state index contributed by atoms with van der Waals surface area (Å²) >= 11 is 0. The second-order valence-electron chi connectivity index (χ2n) is 7.00. The molecule has 2 heteroatoms. The van der Waals surface area contributed by atoms with Crippen LogP contribution in [0.5, 0.6) is 0 Å². The molecule has 0 bridgehead atoms. The van der Waals surface area contributed by atoms with Crippen molar-refractivity contribution in [3.05, 3.63) is 0 Å². The van der Waals surface area contributed by atoms with E-state index in [-0.39, 0.29) is 18.0 Å². The van der Waals surface area contributed by atoms with Crippen molar-refractivity contribution < 1.29 is 9.53 Å². The molecule has 1 heterocycles. The fraction of sp³-hybridized carbons (Fsp3) is 0.933. The number of hydrogen-bond acceptors (Lipinski definition) is 2. The molecule has 0 spiro atoms. The minimum Gasteiger partial charge on any atom is -0.462 e. The van der Waals surface area contributed by atoms with E-state index in [4.69, 9.17) is 4.74 Å². The first kappa shape index (κ1) is 11.6. The van der Waals surface area contributed by atoms with Crippen LogP contribution in [0.2, 0.25) is 0 Å². The lowest BCUT2D eigenvalue weighted by Crippen LogP contribution is -2.46. The molecule has 96 valence electrons. The molecule has 3 fully saturated rings. The van der Waals surface area contributed by atoms with E-state index in [9.17, 15) is 4.79 Å². The molecule has 0 unspecified atom stereocenters. The Balaban J connectivity index is 1.86. The molecule has 3 aliphatic rings. The number of rotatable bonds is 0. The van der Waals surface area contributed by atoms with Gasteiger partial charge in [-0.05, 0) is 36.5 Å². The van der Waals surface area contributed by atoms with E-state index in [1.165, 1.54) is 25.7 Å². The Hall–Kier alpha value is -0.530. The van der Waals surface area contributed by atoms with Crippen LogP contribution in [0.3, 0.4) is 0 Å². The van der Waals surface area contributed by atoms with Gasteiger partial charge in [0.1, 0.15) is 6.10 Å². The lowest BCUT2D eigenvalue weighted by molar-refractivity contribution is -0.146. The van der Waals surface area contributed by atoms with Crippen molar-refractivity contribution in [2.45, 2.75) is 59.0 Å². The van der Waals surface area contributed by atoms with Crippen molar-refractivity contribution in [3.63, 3.8) is 0 Å². The SMILES string of the molecule is C[C@@H]1CCC[C@]2(C)C[C@@H]3OC(=O)[C@H](C)[C@H]3C[C@@H]12. The Morgan fingerprint density at radius 2 is 2.12 bits per heavy atom. The average Bonchev–Trinajstić information content (AvgIpc) is 2.52. The molecule has 1 saturated heterocycles. The number of esters is 1. The lowest BCUT2D eigenvalue weighted by Gasteiger charge is -2.51. The van der Waals surface area contributed by atoms with Crippen LogP contribution in [0.25, 0.3) is 0 Å². The molecule has 2 nitrogen and oxygen atoms in total. The maximum absolute atomic E-state index is 11.7. The number of carbonyl (C=O) groups excluding carboxylic acids is 1. The maximum Gasteiger partial charge on any atom is 0.309 e. The van der Waals surface area contributed by atoms with E-state index < -0.39 is 0 Å². The van der Waals surface area contributed by atoms with Crippen LogP contribution in [0, 0.1) is 29.1 Å². The Bertz CT molecular complexity index is 338. The molecular weight excluding hydrogens is 212 g/mol. The van der Waals surface area contributed by atoms with Gasteiger partial charge in [0.05, 0.1) is 5.92 Å². The summed E-state index contributed by atoms with van der Waals surface area (Å²) in [5.74, 6) is 2.33. The monoisotopic (exact) mass is 236 g/mol. The van der Waals surface area contributed by atoms with Crippen molar-refractivity contribution in [1.82, 2.24) is 0 Å². The van der Waals surface area contributed by atoms with Crippen molar-refractivity contribution in [2.75, 3.05) is 0 Å². The van der Waals surface area contributed by atoms with Gasteiger partial charge in [-0.25, -0.2) is 0 Å². The predicted octanol–water partition coefficient (Wildman–Crippen LogP) is 3.40. The normalized spacial score (nSPS) is 53.8. The maximum atomic E-state index is 11.7. The van der Waals surface area contributed by atoms with E-state index in [2.05, 4.69) is 20.8 Å². The van der Waals surface area contributed by atoms with E-state index in [0.29, 0.717) is 11.3 Å². The smallest absolute Gasteiger partial charge is 0.309 e. The zero-order valence-electron chi connectivity index (χ0n) is 11.2. The van der Waals surface area contributed by atoms with Gasteiger partial charge < -0.3 is 4.74 Å². The average molecular weight is 236 g/mol. The Kier molecular flexibility index (Phi) is 2.53. The van der Waals surface area contributed by atoms with Crippen LogP contribution in [0.4, 0.5) is 0 Å². The third kappa shape index (κ3) is 1.63. The van der Waals surface area contributed by atoms with Crippen LogP contribution in [-0.2, 0) is 9.53 Å². The van der Waals surface area contributed by atoms with Crippen LogP contribution < -0.4 is 0 Å². The summed E-state index contributed by atoms with van der Waals surface area (Å²) in [6, 6.07) is 0. The van der Waals surface area contributed by atoms with Crippen molar-refractivity contribution in [2.24, 2.45) is 29.1 Å². The number of carbonyl (C=O) groups is 1. The molecular formula is C15H24O2. The number of hydrogen-bond donors (Lipinski definition) is 0. The molecule has 2 saturated carbocycles. The summed E-state index contributed by atoms with van der Waals surface area (Å²) in [4.78, 5) is 11.7. The summed E-state index contributed by atoms with van der Waals surface area (Å²) in [5, 5.41) is 0. The molecule has 3 rings (SSSR count).